The number of nitrogens with zero attached hydrogens (tertiary/aromatic N) is 1. The van der Waals surface area contributed by atoms with E-state index in [9.17, 15) is 12.8 Å². The summed E-state index contributed by atoms with van der Waals surface area (Å²) in [5.74, 6) is -0.455. The van der Waals surface area contributed by atoms with Crippen LogP contribution in [0.1, 0.15) is 31.4 Å². The van der Waals surface area contributed by atoms with E-state index in [0.29, 0.717) is 25.1 Å². The maximum atomic E-state index is 13.8. The maximum absolute atomic E-state index is 13.8. The molecule has 0 aliphatic rings. The Balaban J connectivity index is 3.38. The van der Waals surface area contributed by atoms with Crippen LogP contribution in [0.25, 0.3) is 0 Å². The molecule has 0 bridgehead atoms. The molecule has 108 valence electrons. The third-order valence-corrected chi connectivity index (χ3v) is 5.36. The number of halogens is 2. The van der Waals surface area contributed by atoms with Crippen molar-refractivity contribution in [1.29, 1.82) is 0 Å². The number of sulfonamides is 1. The Morgan fingerprint density at radius 1 is 1.32 bits per heavy atom. The summed E-state index contributed by atoms with van der Waals surface area (Å²) in [7, 11) is -3.66. The monoisotopic (exact) mass is 307 g/mol. The molecule has 0 fully saturated rings. The lowest BCUT2D eigenvalue weighted by molar-refractivity contribution is 0.426. The Hall–Kier alpha value is -0.650. The molecule has 0 radical (unpaired) electrons. The van der Waals surface area contributed by atoms with Crippen molar-refractivity contribution in [2.24, 2.45) is 0 Å². The molecule has 0 atom stereocenters. The van der Waals surface area contributed by atoms with Crippen molar-refractivity contribution in [3.8, 4) is 0 Å². The van der Waals surface area contributed by atoms with Gasteiger partial charge < -0.3 is 0 Å². The average molecular weight is 308 g/mol. The van der Waals surface area contributed by atoms with Gasteiger partial charge in [0.05, 0.1) is 4.90 Å². The number of rotatable bonds is 6. The highest BCUT2D eigenvalue weighted by molar-refractivity contribution is 7.89. The van der Waals surface area contributed by atoms with Gasteiger partial charge >= 0.3 is 0 Å². The zero-order chi connectivity index (χ0) is 14.6. The second-order valence-corrected chi connectivity index (χ2v) is 6.50. The molecule has 19 heavy (non-hydrogen) atoms. The smallest absolute Gasteiger partial charge is 0.207 e. The van der Waals surface area contributed by atoms with Crippen molar-refractivity contribution in [3.63, 3.8) is 0 Å². The van der Waals surface area contributed by atoms with Crippen LogP contribution in [-0.4, -0.2) is 25.8 Å². The minimum Gasteiger partial charge on any atom is -0.207 e. The zero-order valence-corrected chi connectivity index (χ0v) is 13.0. The summed E-state index contributed by atoms with van der Waals surface area (Å²) in [6.07, 6.45) is 0.712. The standard InChI is InChI=1S/C13H19ClFNO2S/c1-4-6-16(5-2)19(17,18)13-8-11(9-14)7-12(15)10(13)3/h7-8H,4-6,9H2,1-3H3. The number of hydrogen-bond donors (Lipinski definition) is 0. The van der Waals surface area contributed by atoms with E-state index >= 15 is 0 Å². The molecule has 0 aliphatic heterocycles. The van der Waals surface area contributed by atoms with E-state index in [1.807, 2.05) is 6.92 Å². The second-order valence-electron chi connectivity index (χ2n) is 4.33. The van der Waals surface area contributed by atoms with E-state index in [1.54, 1.807) is 6.92 Å². The summed E-state index contributed by atoms with van der Waals surface area (Å²) in [5.41, 5.74) is 0.610. The fraction of sp³-hybridized carbons (Fsp3) is 0.538. The highest BCUT2D eigenvalue weighted by Crippen LogP contribution is 2.24. The van der Waals surface area contributed by atoms with Crippen molar-refractivity contribution in [2.45, 2.75) is 38.0 Å². The van der Waals surface area contributed by atoms with Crippen LogP contribution in [0.4, 0.5) is 4.39 Å². The zero-order valence-electron chi connectivity index (χ0n) is 11.4. The van der Waals surface area contributed by atoms with E-state index in [2.05, 4.69) is 0 Å². The Kier molecular flexibility index (Phi) is 5.77. The van der Waals surface area contributed by atoms with Gasteiger partial charge in [-0.3, -0.25) is 0 Å². The van der Waals surface area contributed by atoms with Crippen LogP contribution >= 0.6 is 11.6 Å². The summed E-state index contributed by atoms with van der Waals surface area (Å²) < 4.78 is 40.1. The molecule has 0 amide bonds. The predicted molar refractivity (Wildman–Crippen MR) is 75.4 cm³/mol. The van der Waals surface area contributed by atoms with Gasteiger partial charge in [-0.05, 0) is 31.0 Å². The molecular formula is C13H19ClFNO2S. The van der Waals surface area contributed by atoms with Gasteiger partial charge in [-0.2, -0.15) is 4.31 Å². The lowest BCUT2D eigenvalue weighted by Gasteiger charge is -2.21. The van der Waals surface area contributed by atoms with Crippen molar-refractivity contribution in [2.75, 3.05) is 13.1 Å². The van der Waals surface area contributed by atoms with Gasteiger partial charge in [0.1, 0.15) is 5.82 Å². The average Bonchev–Trinajstić information content (AvgIpc) is 2.38. The van der Waals surface area contributed by atoms with E-state index in [1.165, 1.54) is 23.4 Å². The van der Waals surface area contributed by atoms with E-state index in [-0.39, 0.29) is 16.3 Å². The lowest BCUT2D eigenvalue weighted by Crippen LogP contribution is -2.32. The highest BCUT2D eigenvalue weighted by Gasteiger charge is 2.26. The fourth-order valence-electron chi connectivity index (χ4n) is 1.89. The van der Waals surface area contributed by atoms with E-state index < -0.39 is 15.8 Å². The third kappa shape index (κ3) is 3.46. The Labute approximate surface area is 119 Å². The maximum Gasteiger partial charge on any atom is 0.243 e. The first-order chi connectivity index (χ1) is 8.88. The summed E-state index contributed by atoms with van der Waals surface area (Å²) in [6.45, 7) is 5.93. The van der Waals surface area contributed by atoms with Crippen LogP contribution in [0.2, 0.25) is 0 Å². The van der Waals surface area contributed by atoms with Crippen LogP contribution in [0.3, 0.4) is 0 Å². The fourth-order valence-corrected chi connectivity index (χ4v) is 3.87. The van der Waals surface area contributed by atoms with Crippen LogP contribution in [-0.2, 0) is 15.9 Å². The molecule has 0 aliphatic carbocycles. The summed E-state index contributed by atoms with van der Waals surface area (Å²) >= 11 is 5.67. The van der Waals surface area contributed by atoms with Gasteiger partial charge in [0.25, 0.3) is 0 Å². The third-order valence-electron chi connectivity index (χ3n) is 2.95. The largest absolute Gasteiger partial charge is 0.243 e. The molecule has 0 N–H and O–H groups in total. The van der Waals surface area contributed by atoms with Crippen molar-refractivity contribution in [1.82, 2.24) is 4.31 Å². The molecule has 0 spiro atoms. The van der Waals surface area contributed by atoms with Crippen LogP contribution in [0.15, 0.2) is 17.0 Å². The van der Waals surface area contributed by atoms with E-state index in [0.717, 1.165) is 0 Å². The Morgan fingerprint density at radius 3 is 2.42 bits per heavy atom. The lowest BCUT2D eigenvalue weighted by atomic mass is 10.1. The van der Waals surface area contributed by atoms with Crippen molar-refractivity contribution >= 4 is 21.6 Å². The predicted octanol–water partition coefficient (Wildman–Crippen LogP) is 3.29. The molecule has 6 heteroatoms. The SMILES string of the molecule is CCCN(CC)S(=O)(=O)c1cc(CCl)cc(F)c1C. The second kappa shape index (κ2) is 6.68. The summed E-state index contributed by atoms with van der Waals surface area (Å²) in [4.78, 5) is 0.0125. The quantitative estimate of drug-likeness (QED) is 0.756. The Bertz CT molecular complexity index is 546. The minimum atomic E-state index is -3.66. The van der Waals surface area contributed by atoms with Crippen LogP contribution in [0.5, 0.6) is 0 Å². The molecule has 0 saturated heterocycles. The highest BCUT2D eigenvalue weighted by atomic mass is 35.5. The van der Waals surface area contributed by atoms with Gasteiger partial charge in [0.2, 0.25) is 10.0 Å². The van der Waals surface area contributed by atoms with Gasteiger partial charge in [0.15, 0.2) is 0 Å². The molecule has 0 saturated carbocycles. The van der Waals surface area contributed by atoms with Crippen LogP contribution in [0, 0.1) is 12.7 Å². The Morgan fingerprint density at radius 2 is 1.95 bits per heavy atom. The van der Waals surface area contributed by atoms with Gasteiger partial charge in [0, 0.05) is 24.5 Å². The number of alkyl halides is 1. The van der Waals surface area contributed by atoms with Gasteiger partial charge in [-0.15, -0.1) is 11.6 Å². The molecule has 1 aromatic carbocycles. The molecular weight excluding hydrogens is 289 g/mol. The topological polar surface area (TPSA) is 37.4 Å². The summed E-state index contributed by atoms with van der Waals surface area (Å²) in [5, 5.41) is 0. The van der Waals surface area contributed by atoms with Gasteiger partial charge in [-0.25, -0.2) is 12.8 Å². The first kappa shape index (κ1) is 16.4. The molecule has 0 aromatic heterocycles. The minimum absolute atomic E-state index is 0.0125. The number of benzene rings is 1. The normalized spacial score (nSPS) is 12.1. The molecule has 1 aromatic rings. The first-order valence-corrected chi connectivity index (χ1v) is 8.21. The van der Waals surface area contributed by atoms with Gasteiger partial charge in [-0.1, -0.05) is 13.8 Å². The van der Waals surface area contributed by atoms with Crippen molar-refractivity contribution < 1.29 is 12.8 Å². The molecule has 1 rings (SSSR count). The summed E-state index contributed by atoms with van der Waals surface area (Å²) in [6, 6.07) is 2.73. The van der Waals surface area contributed by atoms with E-state index in [4.69, 9.17) is 11.6 Å². The molecule has 0 unspecified atom stereocenters. The van der Waals surface area contributed by atoms with Crippen molar-refractivity contribution in [3.05, 3.63) is 29.1 Å². The molecule has 3 nitrogen and oxygen atoms in total. The molecule has 0 heterocycles. The first-order valence-electron chi connectivity index (χ1n) is 6.23. The number of hydrogen-bond acceptors (Lipinski definition) is 2. The van der Waals surface area contributed by atoms with Crippen LogP contribution < -0.4 is 0 Å².